The molecule has 0 radical (unpaired) electrons. The number of amides is 2. The second-order valence-electron chi connectivity index (χ2n) is 7.18. The molecule has 0 saturated carbocycles. The smallest absolute Gasteiger partial charge is 0.291 e. The molecule has 8 nitrogen and oxygen atoms in total. The number of benzene rings is 2. The van der Waals surface area contributed by atoms with Gasteiger partial charge in [0.1, 0.15) is 0 Å². The first-order valence-corrected chi connectivity index (χ1v) is 10.7. The second-order valence-corrected chi connectivity index (χ2v) is 7.18. The third kappa shape index (κ3) is 5.80. The van der Waals surface area contributed by atoms with Crippen LogP contribution in [0.2, 0.25) is 0 Å². The Labute approximate surface area is 196 Å². The predicted octanol–water partition coefficient (Wildman–Crippen LogP) is 5.05. The van der Waals surface area contributed by atoms with Gasteiger partial charge in [-0.25, -0.2) is 4.98 Å². The summed E-state index contributed by atoms with van der Waals surface area (Å²) in [7, 11) is 0. The van der Waals surface area contributed by atoms with E-state index in [4.69, 9.17) is 13.9 Å². The van der Waals surface area contributed by atoms with Crippen LogP contribution in [0.4, 0.5) is 5.69 Å². The molecule has 2 amide bonds. The van der Waals surface area contributed by atoms with E-state index in [0.717, 1.165) is 5.56 Å². The van der Waals surface area contributed by atoms with Crippen molar-refractivity contribution in [3.63, 3.8) is 0 Å². The largest absolute Gasteiger partial charge is 0.490 e. The fourth-order valence-corrected chi connectivity index (χ4v) is 3.12. The minimum Gasteiger partial charge on any atom is -0.490 e. The minimum atomic E-state index is -0.389. The van der Waals surface area contributed by atoms with Gasteiger partial charge >= 0.3 is 0 Å². The van der Waals surface area contributed by atoms with Crippen LogP contribution in [0.15, 0.2) is 89.7 Å². The number of hydrogen-bond donors (Lipinski definition) is 2. The zero-order chi connectivity index (χ0) is 23.8. The molecule has 8 heteroatoms. The highest BCUT2D eigenvalue weighted by Gasteiger charge is 2.11. The fraction of sp³-hybridized carbons (Fsp3) is 0.115. The average molecular weight is 457 g/mol. The molecule has 34 heavy (non-hydrogen) atoms. The van der Waals surface area contributed by atoms with E-state index >= 15 is 0 Å². The van der Waals surface area contributed by atoms with E-state index < -0.39 is 0 Å². The Morgan fingerprint density at radius 3 is 2.53 bits per heavy atom. The quantitative estimate of drug-likeness (QED) is 0.365. The van der Waals surface area contributed by atoms with Crippen molar-refractivity contribution in [3.8, 4) is 17.4 Å². The maximum Gasteiger partial charge on any atom is 0.291 e. The summed E-state index contributed by atoms with van der Waals surface area (Å²) in [4.78, 5) is 29.0. The van der Waals surface area contributed by atoms with Gasteiger partial charge in [0, 0.05) is 30.1 Å². The van der Waals surface area contributed by atoms with Gasteiger partial charge in [0.2, 0.25) is 5.88 Å². The molecule has 2 aromatic carbocycles. The summed E-state index contributed by atoms with van der Waals surface area (Å²) in [5, 5.41) is 5.55. The van der Waals surface area contributed by atoms with Crippen molar-refractivity contribution >= 4 is 17.5 Å². The molecule has 0 spiro atoms. The van der Waals surface area contributed by atoms with Crippen LogP contribution in [0.5, 0.6) is 17.4 Å². The van der Waals surface area contributed by atoms with Gasteiger partial charge in [0.05, 0.1) is 12.9 Å². The maximum absolute atomic E-state index is 12.6. The Bertz CT molecular complexity index is 1250. The number of furan rings is 1. The van der Waals surface area contributed by atoms with Crippen LogP contribution >= 0.6 is 0 Å². The van der Waals surface area contributed by atoms with Gasteiger partial charge in [-0.05, 0) is 55.0 Å². The van der Waals surface area contributed by atoms with Crippen LogP contribution in [-0.2, 0) is 6.54 Å². The van der Waals surface area contributed by atoms with Crippen molar-refractivity contribution in [2.75, 3.05) is 11.9 Å². The maximum atomic E-state index is 12.6. The number of nitrogens with zero attached hydrogens (tertiary/aromatic N) is 1. The van der Waals surface area contributed by atoms with Gasteiger partial charge in [0.25, 0.3) is 11.8 Å². The van der Waals surface area contributed by atoms with Crippen molar-refractivity contribution in [3.05, 3.63) is 102 Å². The Kier molecular flexibility index (Phi) is 7.19. The van der Waals surface area contributed by atoms with Crippen molar-refractivity contribution in [1.29, 1.82) is 0 Å². The summed E-state index contributed by atoms with van der Waals surface area (Å²) in [6, 6.07) is 20.8. The first kappa shape index (κ1) is 22.6. The average Bonchev–Trinajstić information content (AvgIpc) is 3.40. The zero-order valence-corrected chi connectivity index (χ0v) is 18.5. The Morgan fingerprint density at radius 1 is 0.941 bits per heavy atom. The summed E-state index contributed by atoms with van der Waals surface area (Å²) in [6.07, 6.45) is 3.06. The molecule has 0 saturated heterocycles. The summed E-state index contributed by atoms with van der Waals surface area (Å²) in [5.41, 5.74) is 1.71. The standard InChI is InChI=1S/C26H23N3O5/c1-2-32-21-9-3-4-10-22(21)34-24-13-12-18(16-27-24)17-28-25(30)19-7-5-8-20(15-19)29-26(31)23-11-6-14-33-23/h3-16H,2,17H2,1H3,(H,28,30)(H,29,31). The lowest BCUT2D eigenvalue weighted by atomic mass is 10.1. The number of para-hydroxylation sites is 2. The van der Waals surface area contributed by atoms with Crippen LogP contribution in [0, 0.1) is 0 Å². The Morgan fingerprint density at radius 2 is 1.79 bits per heavy atom. The molecule has 4 rings (SSSR count). The summed E-state index contributed by atoms with van der Waals surface area (Å²) in [6.45, 7) is 2.72. The first-order valence-electron chi connectivity index (χ1n) is 10.7. The second kappa shape index (κ2) is 10.8. The predicted molar refractivity (Wildman–Crippen MR) is 126 cm³/mol. The van der Waals surface area contributed by atoms with Gasteiger partial charge < -0.3 is 24.5 Å². The molecular formula is C26H23N3O5. The summed E-state index contributed by atoms with van der Waals surface area (Å²) >= 11 is 0. The van der Waals surface area contributed by atoms with E-state index in [1.807, 2.05) is 37.3 Å². The molecule has 4 aromatic rings. The van der Waals surface area contributed by atoms with Crippen molar-refractivity contribution < 1.29 is 23.5 Å². The zero-order valence-electron chi connectivity index (χ0n) is 18.5. The monoisotopic (exact) mass is 457 g/mol. The van der Waals surface area contributed by atoms with Gasteiger partial charge in [-0.2, -0.15) is 0 Å². The summed E-state index contributed by atoms with van der Waals surface area (Å²) in [5.74, 6) is 1.17. The van der Waals surface area contributed by atoms with Gasteiger partial charge in [-0.1, -0.05) is 24.3 Å². The van der Waals surface area contributed by atoms with Crippen molar-refractivity contribution in [2.24, 2.45) is 0 Å². The Balaban J connectivity index is 1.33. The van der Waals surface area contributed by atoms with E-state index in [0.29, 0.717) is 35.2 Å². The molecule has 2 aromatic heterocycles. The third-order valence-electron chi connectivity index (χ3n) is 4.74. The molecule has 172 valence electrons. The van der Waals surface area contributed by atoms with Crippen LogP contribution in [-0.4, -0.2) is 23.4 Å². The lowest BCUT2D eigenvalue weighted by molar-refractivity contribution is 0.0949. The fourth-order valence-electron chi connectivity index (χ4n) is 3.12. The van der Waals surface area contributed by atoms with E-state index in [-0.39, 0.29) is 24.1 Å². The van der Waals surface area contributed by atoms with Crippen molar-refractivity contribution in [1.82, 2.24) is 10.3 Å². The highest BCUT2D eigenvalue weighted by atomic mass is 16.5. The SMILES string of the molecule is CCOc1ccccc1Oc1ccc(CNC(=O)c2cccc(NC(=O)c3ccco3)c2)cn1. The number of pyridine rings is 1. The normalized spacial score (nSPS) is 10.4. The molecule has 0 atom stereocenters. The highest BCUT2D eigenvalue weighted by molar-refractivity contribution is 6.03. The Hall–Kier alpha value is -4.59. The molecule has 0 aliphatic heterocycles. The van der Waals surface area contributed by atoms with Crippen LogP contribution in [0.1, 0.15) is 33.4 Å². The number of rotatable bonds is 9. The van der Waals surface area contributed by atoms with Gasteiger partial charge in [-0.15, -0.1) is 0 Å². The van der Waals surface area contributed by atoms with E-state index in [9.17, 15) is 9.59 Å². The molecule has 0 bridgehead atoms. The highest BCUT2D eigenvalue weighted by Crippen LogP contribution is 2.30. The van der Waals surface area contributed by atoms with Gasteiger partial charge in [0.15, 0.2) is 17.3 Å². The van der Waals surface area contributed by atoms with E-state index in [1.165, 1.54) is 6.26 Å². The molecule has 0 aliphatic carbocycles. The number of carbonyl (C=O) groups is 2. The molecule has 2 N–H and O–H groups in total. The number of hydrogen-bond acceptors (Lipinski definition) is 6. The number of nitrogens with one attached hydrogen (secondary N) is 2. The number of aromatic nitrogens is 1. The minimum absolute atomic E-state index is 0.191. The van der Waals surface area contributed by atoms with Crippen LogP contribution < -0.4 is 20.1 Å². The third-order valence-corrected chi connectivity index (χ3v) is 4.74. The molecule has 0 unspecified atom stereocenters. The number of carbonyl (C=O) groups excluding carboxylic acids is 2. The van der Waals surface area contributed by atoms with Crippen molar-refractivity contribution in [2.45, 2.75) is 13.5 Å². The van der Waals surface area contributed by atoms with E-state index in [2.05, 4.69) is 15.6 Å². The summed E-state index contributed by atoms with van der Waals surface area (Å²) < 4.78 is 16.5. The van der Waals surface area contributed by atoms with Crippen LogP contribution in [0.25, 0.3) is 0 Å². The molecule has 0 fully saturated rings. The molecule has 0 aliphatic rings. The number of ether oxygens (including phenoxy) is 2. The van der Waals surface area contributed by atoms with Crippen LogP contribution in [0.3, 0.4) is 0 Å². The number of anilines is 1. The topological polar surface area (TPSA) is 103 Å². The lowest BCUT2D eigenvalue weighted by Gasteiger charge is -2.11. The lowest BCUT2D eigenvalue weighted by Crippen LogP contribution is -2.23. The molecule has 2 heterocycles. The van der Waals surface area contributed by atoms with Gasteiger partial charge in [-0.3, -0.25) is 9.59 Å². The first-order chi connectivity index (χ1) is 16.6. The van der Waals surface area contributed by atoms with E-state index in [1.54, 1.807) is 48.7 Å². The molecular weight excluding hydrogens is 434 g/mol.